The zero-order chi connectivity index (χ0) is 19.2. The number of hydrogen-bond donors (Lipinski definition) is 3. The molecule has 0 bridgehead atoms. The van der Waals surface area contributed by atoms with E-state index in [1.54, 1.807) is 24.3 Å². The molecule has 1 aliphatic carbocycles. The lowest BCUT2D eigenvalue weighted by atomic mass is 9.96. The predicted molar refractivity (Wildman–Crippen MR) is 112 cm³/mol. The molecule has 0 spiro atoms. The number of hydrogen-bond acceptors (Lipinski definition) is 2. The lowest BCUT2D eigenvalue weighted by molar-refractivity contribution is 0.413. The zero-order valence-electron chi connectivity index (χ0n) is 15.4. The average Bonchev–Trinajstić information content (AvgIpc) is 2.65. The first-order valence-electron chi connectivity index (χ1n) is 9.33. The molecule has 2 aromatic rings. The highest BCUT2D eigenvalue weighted by molar-refractivity contribution is 9.10. The second-order valence-electron chi connectivity index (χ2n) is 7.00. The van der Waals surface area contributed by atoms with E-state index in [0.717, 1.165) is 28.6 Å². The van der Waals surface area contributed by atoms with Gasteiger partial charge in [-0.1, -0.05) is 35.2 Å². The van der Waals surface area contributed by atoms with Crippen LogP contribution in [0.5, 0.6) is 5.75 Å². The highest BCUT2D eigenvalue weighted by Gasteiger charge is 2.15. The first-order valence-corrected chi connectivity index (χ1v) is 10.1. The largest absolute Gasteiger partial charge is 0.508 e. The number of aliphatic imine (C=N–C) groups is 1. The highest BCUT2D eigenvalue weighted by Crippen LogP contribution is 2.22. The SMILES string of the molecule is Cc1cc(O)ccc1NC(=NCc1cc(Br)ccc1F)NC1CCCCC1. The van der Waals surface area contributed by atoms with Gasteiger partial charge in [-0.3, -0.25) is 0 Å². The Bertz CT molecular complexity index is 819. The summed E-state index contributed by atoms with van der Waals surface area (Å²) in [4.78, 5) is 4.62. The van der Waals surface area contributed by atoms with Gasteiger partial charge < -0.3 is 15.7 Å². The number of phenols is 1. The Kier molecular flexibility index (Phi) is 6.72. The van der Waals surface area contributed by atoms with E-state index in [1.165, 1.54) is 25.3 Å². The summed E-state index contributed by atoms with van der Waals surface area (Å²) in [6.07, 6.45) is 5.92. The van der Waals surface area contributed by atoms with Gasteiger partial charge >= 0.3 is 0 Å². The number of nitrogens with one attached hydrogen (secondary N) is 2. The molecule has 144 valence electrons. The molecule has 0 saturated heterocycles. The van der Waals surface area contributed by atoms with Gasteiger partial charge in [-0.25, -0.2) is 9.38 Å². The number of phenolic OH excluding ortho intramolecular Hbond substituents is 1. The minimum atomic E-state index is -0.264. The molecule has 1 fully saturated rings. The Morgan fingerprint density at radius 3 is 2.70 bits per heavy atom. The third-order valence-corrected chi connectivity index (χ3v) is 5.32. The molecule has 0 aliphatic heterocycles. The van der Waals surface area contributed by atoms with E-state index < -0.39 is 0 Å². The molecule has 0 amide bonds. The van der Waals surface area contributed by atoms with Gasteiger partial charge in [-0.15, -0.1) is 0 Å². The highest BCUT2D eigenvalue weighted by atomic mass is 79.9. The van der Waals surface area contributed by atoms with E-state index >= 15 is 0 Å². The molecule has 1 aliphatic rings. The van der Waals surface area contributed by atoms with Gasteiger partial charge in [0.25, 0.3) is 0 Å². The summed E-state index contributed by atoms with van der Waals surface area (Å²) in [7, 11) is 0. The van der Waals surface area contributed by atoms with Crippen LogP contribution in [-0.2, 0) is 6.54 Å². The Labute approximate surface area is 168 Å². The van der Waals surface area contributed by atoms with Crippen LogP contribution < -0.4 is 10.6 Å². The van der Waals surface area contributed by atoms with Crippen LogP contribution in [0, 0.1) is 12.7 Å². The summed E-state index contributed by atoms with van der Waals surface area (Å²) < 4.78 is 14.9. The number of guanidine groups is 1. The Morgan fingerprint density at radius 2 is 1.96 bits per heavy atom. The lowest BCUT2D eigenvalue weighted by Crippen LogP contribution is -2.40. The fraction of sp³-hybridized carbons (Fsp3) is 0.381. The van der Waals surface area contributed by atoms with E-state index in [-0.39, 0.29) is 18.1 Å². The van der Waals surface area contributed by atoms with Crippen LogP contribution in [0.25, 0.3) is 0 Å². The normalized spacial score (nSPS) is 15.6. The summed E-state index contributed by atoms with van der Waals surface area (Å²) in [5, 5.41) is 16.4. The summed E-state index contributed by atoms with van der Waals surface area (Å²) in [6, 6.07) is 10.4. The van der Waals surface area contributed by atoms with Crippen LogP contribution in [0.3, 0.4) is 0 Å². The number of nitrogens with zero attached hydrogens (tertiary/aromatic N) is 1. The number of benzene rings is 2. The van der Waals surface area contributed by atoms with Crippen molar-refractivity contribution in [3.63, 3.8) is 0 Å². The van der Waals surface area contributed by atoms with Crippen molar-refractivity contribution >= 4 is 27.6 Å². The van der Waals surface area contributed by atoms with Gasteiger partial charge in [0, 0.05) is 21.8 Å². The van der Waals surface area contributed by atoms with Crippen LogP contribution in [0.1, 0.15) is 43.2 Å². The summed E-state index contributed by atoms with van der Waals surface area (Å²) in [6.45, 7) is 2.17. The van der Waals surface area contributed by atoms with Crippen LogP contribution in [0.15, 0.2) is 45.9 Å². The second-order valence-corrected chi connectivity index (χ2v) is 7.92. The van der Waals surface area contributed by atoms with E-state index in [0.29, 0.717) is 17.6 Å². The lowest BCUT2D eigenvalue weighted by Gasteiger charge is -2.25. The van der Waals surface area contributed by atoms with Gasteiger partial charge in [0.05, 0.1) is 6.54 Å². The van der Waals surface area contributed by atoms with Crippen molar-refractivity contribution < 1.29 is 9.50 Å². The van der Waals surface area contributed by atoms with Crippen molar-refractivity contribution in [2.45, 2.75) is 51.6 Å². The zero-order valence-corrected chi connectivity index (χ0v) is 17.0. The van der Waals surface area contributed by atoms with Crippen LogP contribution in [0.4, 0.5) is 10.1 Å². The van der Waals surface area contributed by atoms with Gasteiger partial charge in [-0.05, 0) is 61.7 Å². The maximum atomic E-state index is 14.1. The standard InChI is InChI=1S/C21H25BrFN3O/c1-14-11-18(27)8-10-20(14)26-21(25-17-5-3-2-4-6-17)24-13-15-12-16(22)7-9-19(15)23/h7-12,17,27H,2-6,13H2,1H3,(H2,24,25,26). The molecular formula is C21H25BrFN3O. The predicted octanol–water partition coefficient (Wildman–Crippen LogP) is 5.49. The monoisotopic (exact) mass is 433 g/mol. The molecule has 3 rings (SSSR count). The molecule has 0 heterocycles. The van der Waals surface area contributed by atoms with Gasteiger partial charge in [0.2, 0.25) is 0 Å². The molecule has 2 aromatic carbocycles. The van der Waals surface area contributed by atoms with Crippen molar-refractivity contribution in [2.24, 2.45) is 4.99 Å². The Balaban J connectivity index is 1.80. The van der Waals surface area contributed by atoms with E-state index in [1.807, 2.05) is 13.0 Å². The number of aryl methyl sites for hydroxylation is 1. The maximum Gasteiger partial charge on any atom is 0.196 e. The molecule has 27 heavy (non-hydrogen) atoms. The first kappa shape index (κ1) is 19.7. The third kappa shape index (κ3) is 5.70. The minimum absolute atomic E-state index is 0.230. The summed E-state index contributed by atoms with van der Waals surface area (Å²) in [5.41, 5.74) is 2.32. The molecule has 6 heteroatoms. The van der Waals surface area contributed by atoms with Crippen molar-refractivity contribution in [1.29, 1.82) is 0 Å². The number of rotatable bonds is 4. The number of halogens is 2. The van der Waals surface area contributed by atoms with Crippen LogP contribution >= 0.6 is 15.9 Å². The van der Waals surface area contributed by atoms with E-state index in [4.69, 9.17) is 0 Å². The fourth-order valence-corrected chi connectivity index (χ4v) is 3.71. The molecule has 0 aromatic heterocycles. The van der Waals surface area contributed by atoms with E-state index in [2.05, 4.69) is 31.6 Å². The van der Waals surface area contributed by atoms with Crippen molar-refractivity contribution in [3.8, 4) is 5.75 Å². The van der Waals surface area contributed by atoms with Gasteiger partial charge in [0.15, 0.2) is 5.96 Å². The fourth-order valence-electron chi connectivity index (χ4n) is 3.31. The Hall–Kier alpha value is -2.08. The Morgan fingerprint density at radius 1 is 1.19 bits per heavy atom. The summed E-state index contributed by atoms with van der Waals surface area (Å²) in [5.74, 6) is 0.600. The molecular weight excluding hydrogens is 409 g/mol. The number of anilines is 1. The van der Waals surface area contributed by atoms with Gasteiger partial charge in [0.1, 0.15) is 11.6 Å². The molecule has 4 nitrogen and oxygen atoms in total. The smallest absolute Gasteiger partial charge is 0.196 e. The van der Waals surface area contributed by atoms with Crippen LogP contribution in [-0.4, -0.2) is 17.1 Å². The first-order chi connectivity index (χ1) is 13.0. The summed E-state index contributed by atoms with van der Waals surface area (Å²) >= 11 is 3.38. The average molecular weight is 434 g/mol. The third-order valence-electron chi connectivity index (χ3n) is 4.82. The maximum absolute atomic E-state index is 14.1. The molecule has 0 radical (unpaired) electrons. The number of aromatic hydroxyl groups is 1. The molecule has 3 N–H and O–H groups in total. The molecule has 0 unspecified atom stereocenters. The van der Waals surface area contributed by atoms with Gasteiger partial charge in [-0.2, -0.15) is 0 Å². The van der Waals surface area contributed by atoms with Crippen molar-refractivity contribution in [3.05, 3.63) is 57.8 Å². The molecule has 0 atom stereocenters. The van der Waals surface area contributed by atoms with E-state index in [9.17, 15) is 9.50 Å². The molecule has 1 saturated carbocycles. The topological polar surface area (TPSA) is 56.6 Å². The minimum Gasteiger partial charge on any atom is -0.508 e. The van der Waals surface area contributed by atoms with Crippen molar-refractivity contribution in [2.75, 3.05) is 5.32 Å². The second kappa shape index (κ2) is 9.22. The quantitative estimate of drug-likeness (QED) is 0.339. The van der Waals surface area contributed by atoms with Crippen molar-refractivity contribution in [1.82, 2.24) is 5.32 Å². The van der Waals surface area contributed by atoms with Crippen LogP contribution in [0.2, 0.25) is 0 Å².